The molecule has 3 heteroatoms. The second-order valence-electron chi connectivity index (χ2n) is 5.79. The van der Waals surface area contributed by atoms with Crippen LogP contribution in [0.4, 0.5) is 0 Å². The zero-order chi connectivity index (χ0) is 14.0. The molecule has 1 aromatic rings. The van der Waals surface area contributed by atoms with E-state index in [1.165, 1.54) is 22.3 Å². The Balaban J connectivity index is 2.11. The number of nitrogens with zero attached hydrogens (tertiary/aromatic N) is 1. The van der Waals surface area contributed by atoms with Crippen LogP contribution >= 0.6 is 0 Å². The van der Waals surface area contributed by atoms with Gasteiger partial charge in [0.1, 0.15) is 0 Å². The highest BCUT2D eigenvalue weighted by Gasteiger charge is 2.25. The molecule has 0 unspecified atom stereocenters. The van der Waals surface area contributed by atoms with E-state index in [-0.39, 0.29) is 5.92 Å². The van der Waals surface area contributed by atoms with Crippen LogP contribution in [-0.4, -0.2) is 29.1 Å². The predicted molar refractivity (Wildman–Crippen MR) is 76.3 cm³/mol. The first-order valence-corrected chi connectivity index (χ1v) is 6.99. The summed E-state index contributed by atoms with van der Waals surface area (Å²) in [7, 11) is 0. The first kappa shape index (κ1) is 14.1. The van der Waals surface area contributed by atoms with Crippen LogP contribution in [0.15, 0.2) is 12.1 Å². The fraction of sp³-hybridized carbons (Fsp3) is 0.562. The van der Waals surface area contributed by atoms with Gasteiger partial charge in [0.15, 0.2) is 0 Å². The summed E-state index contributed by atoms with van der Waals surface area (Å²) in [5, 5.41) is 9.14. The van der Waals surface area contributed by atoms with Crippen molar-refractivity contribution in [3.8, 4) is 0 Å². The van der Waals surface area contributed by atoms with Crippen LogP contribution in [0, 0.1) is 26.7 Å². The van der Waals surface area contributed by atoms with Crippen molar-refractivity contribution in [2.75, 3.05) is 13.1 Å². The Morgan fingerprint density at radius 1 is 1.32 bits per heavy atom. The zero-order valence-corrected chi connectivity index (χ0v) is 12.1. The number of piperidine rings is 1. The van der Waals surface area contributed by atoms with E-state index in [4.69, 9.17) is 5.11 Å². The summed E-state index contributed by atoms with van der Waals surface area (Å²) in [6.45, 7) is 8.98. The topological polar surface area (TPSA) is 40.5 Å². The molecule has 0 saturated carbocycles. The molecule has 0 amide bonds. The number of aliphatic carboxylic acids is 1. The van der Waals surface area contributed by atoms with Crippen molar-refractivity contribution in [2.24, 2.45) is 5.92 Å². The van der Waals surface area contributed by atoms with Crippen LogP contribution in [-0.2, 0) is 11.3 Å². The number of benzene rings is 1. The van der Waals surface area contributed by atoms with Gasteiger partial charge in [0.2, 0.25) is 0 Å². The molecule has 1 saturated heterocycles. The maximum Gasteiger partial charge on any atom is 0.307 e. The molecular weight excluding hydrogens is 238 g/mol. The molecule has 0 aromatic heterocycles. The van der Waals surface area contributed by atoms with Gasteiger partial charge in [-0.25, -0.2) is 0 Å². The molecule has 19 heavy (non-hydrogen) atoms. The van der Waals surface area contributed by atoms with Gasteiger partial charge in [0, 0.05) is 13.1 Å². The van der Waals surface area contributed by atoms with E-state index in [1.807, 2.05) is 0 Å². The first-order valence-electron chi connectivity index (χ1n) is 6.99. The molecule has 1 N–H and O–H groups in total. The maximum atomic E-state index is 11.1. The van der Waals surface area contributed by atoms with Crippen LogP contribution in [0.25, 0.3) is 0 Å². The summed E-state index contributed by atoms with van der Waals surface area (Å²) >= 11 is 0. The van der Waals surface area contributed by atoms with Crippen LogP contribution in [0.2, 0.25) is 0 Å². The largest absolute Gasteiger partial charge is 0.481 e. The molecule has 2 rings (SSSR count). The summed E-state index contributed by atoms with van der Waals surface area (Å²) in [5.41, 5.74) is 5.28. The maximum absolute atomic E-state index is 11.1. The van der Waals surface area contributed by atoms with Crippen molar-refractivity contribution >= 4 is 5.97 Å². The van der Waals surface area contributed by atoms with Gasteiger partial charge in [0.25, 0.3) is 0 Å². The van der Waals surface area contributed by atoms with Crippen molar-refractivity contribution in [2.45, 2.75) is 40.2 Å². The quantitative estimate of drug-likeness (QED) is 0.909. The second-order valence-corrected chi connectivity index (χ2v) is 5.79. The molecule has 1 heterocycles. The van der Waals surface area contributed by atoms with Gasteiger partial charge in [0.05, 0.1) is 5.92 Å². The molecule has 0 radical (unpaired) electrons. The Kier molecular flexibility index (Phi) is 4.25. The number of hydrogen-bond acceptors (Lipinski definition) is 2. The van der Waals surface area contributed by atoms with Gasteiger partial charge >= 0.3 is 5.97 Å². The van der Waals surface area contributed by atoms with Gasteiger partial charge in [-0.3, -0.25) is 9.69 Å². The second kappa shape index (κ2) is 5.74. The lowest BCUT2D eigenvalue weighted by Crippen LogP contribution is -2.38. The van der Waals surface area contributed by atoms with Crippen LogP contribution in [0.3, 0.4) is 0 Å². The third kappa shape index (κ3) is 3.35. The van der Waals surface area contributed by atoms with Crippen LogP contribution in [0.5, 0.6) is 0 Å². The Morgan fingerprint density at radius 3 is 2.53 bits per heavy atom. The van der Waals surface area contributed by atoms with Crippen LogP contribution < -0.4 is 0 Å². The molecule has 1 fully saturated rings. The first-order chi connectivity index (χ1) is 8.97. The van der Waals surface area contributed by atoms with Gasteiger partial charge < -0.3 is 5.11 Å². The van der Waals surface area contributed by atoms with E-state index in [0.29, 0.717) is 6.54 Å². The molecule has 104 valence electrons. The highest BCUT2D eigenvalue weighted by Crippen LogP contribution is 2.22. The Morgan fingerprint density at radius 2 is 1.95 bits per heavy atom. The standard InChI is InChI=1S/C16H23NO2/c1-11-7-12(2)15(13(3)8-11)10-17-6-4-5-14(9-17)16(18)19/h7-8,14H,4-6,9-10H2,1-3H3,(H,18,19)/t14-/m1/s1. The van der Waals surface area contributed by atoms with Crippen molar-refractivity contribution in [1.82, 2.24) is 4.90 Å². The molecule has 0 bridgehead atoms. The SMILES string of the molecule is Cc1cc(C)c(CN2CCC[C@@H](C(=O)O)C2)c(C)c1. The highest BCUT2D eigenvalue weighted by atomic mass is 16.4. The smallest absolute Gasteiger partial charge is 0.307 e. The van der Waals surface area contributed by atoms with E-state index < -0.39 is 5.97 Å². The average molecular weight is 261 g/mol. The van der Waals surface area contributed by atoms with Crippen LogP contribution in [0.1, 0.15) is 35.1 Å². The van der Waals surface area contributed by atoms with Gasteiger partial charge in [-0.15, -0.1) is 0 Å². The van der Waals surface area contributed by atoms with Gasteiger partial charge in [-0.05, 0) is 56.8 Å². The number of rotatable bonds is 3. The lowest BCUT2D eigenvalue weighted by Gasteiger charge is -2.31. The fourth-order valence-electron chi connectivity index (χ4n) is 3.08. The Hall–Kier alpha value is -1.35. The zero-order valence-electron chi connectivity index (χ0n) is 12.1. The lowest BCUT2D eigenvalue weighted by molar-refractivity contribution is -0.143. The summed E-state index contributed by atoms with van der Waals surface area (Å²) < 4.78 is 0. The van der Waals surface area contributed by atoms with Crippen molar-refractivity contribution < 1.29 is 9.90 Å². The third-order valence-electron chi connectivity index (χ3n) is 4.08. The predicted octanol–water partition coefficient (Wildman–Crippen LogP) is 2.91. The number of carboxylic acid groups (broad SMARTS) is 1. The minimum Gasteiger partial charge on any atom is -0.481 e. The van der Waals surface area contributed by atoms with Crippen molar-refractivity contribution in [3.63, 3.8) is 0 Å². The summed E-state index contributed by atoms with van der Waals surface area (Å²) in [6, 6.07) is 4.42. The molecule has 1 aliphatic heterocycles. The number of hydrogen-bond donors (Lipinski definition) is 1. The van der Waals surface area contributed by atoms with Crippen molar-refractivity contribution in [3.05, 3.63) is 34.4 Å². The summed E-state index contributed by atoms with van der Waals surface area (Å²) in [4.78, 5) is 13.4. The molecule has 3 nitrogen and oxygen atoms in total. The van der Waals surface area contributed by atoms with E-state index in [2.05, 4.69) is 37.8 Å². The van der Waals surface area contributed by atoms with E-state index in [9.17, 15) is 4.79 Å². The molecule has 1 atom stereocenters. The molecule has 0 aliphatic carbocycles. The lowest BCUT2D eigenvalue weighted by atomic mass is 9.95. The highest BCUT2D eigenvalue weighted by molar-refractivity contribution is 5.70. The number of likely N-dealkylation sites (tertiary alicyclic amines) is 1. The van der Waals surface area contributed by atoms with Crippen molar-refractivity contribution in [1.29, 1.82) is 0 Å². The molecule has 0 spiro atoms. The summed E-state index contributed by atoms with van der Waals surface area (Å²) in [5.74, 6) is -0.845. The monoisotopic (exact) mass is 261 g/mol. The van der Waals surface area contributed by atoms with E-state index in [1.54, 1.807) is 0 Å². The Labute approximate surface area is 115 Å². The minimum absolute atomic E-state index is 0.195. The average Bonchev–Trinajstić information content (AvgIpc) is 2.34. The fourth-order valence-corrected chi connectivity index (χ4v) is 3.08. The normalized spacial score (nSPS) is 20.5. The third-order valence-corrected chi connectivity index (χ3v) is 4.08. The molecule has 1 aliphatic rings. The number of carboxylic acids is 1. The number of aryl methyl sites for hydroxylation is 3. The molecule has 1 aromatic carbocycles. The van der Waals surface area contributed by atoms with E-state index >= 15 is 0 Å². The number of carbonyl (C=O) groups is 1. The Bertz CT molecular complexity index is 459. The van der Waals surface area contributed by atoms with E-state index in [0.717, 1.165) is 25.9 Å². The molecular formula is C16H23NO2. The summed E-state index contributed by atoms with van der Waals surface area (Å²) in [6.07, 6.45) is 1.80. The van der Waals surface area contributed by atoms with Gasteiger partial charge in [-0.1, -0.05) is 17.7 Å². The minimum atomic E-state index is -0.651. The van der Waals surface area contributed by atoms with Gasteiger partial charge in [-0.2, -0.15) is 0 Å².